The first-order valence-corrected chi connectivity index (χ1v) is 0. The quantitative estimate of drug-likeness (QED) is 0.331. The summed E-state index contributed by atoms with van der Waals surface area (Å²) < 4.78 is 0. The highest BCUT2D eigenvalue weighted by Gasteiger charge is 0.0000226. The van der Waals surface area contributed by atoms with E-state index in [9.17, 15) is 0 Å². The predicted octanol–water partition coefficient (Wildman–Crippen LogP) is 0.475. The zero-order valence-corrected chi connectivity index (χ0v) is 3.41. The van der Waals surface area contributed by atoms with Crippen LogP contribution in [0.1, 0.15) is 7.43 Å². The summed E-state index contributed by atoms with van der Waals surface area (Å²) in [5.41, 5.74) is 0. The first kappa shape index (κ1) is 257. The Kier molecular flexibility index (Phi) is 6460. The maximum Gasteiger partial charge on any atom is 0 e. The molecular formula is CH10BNP. The SMILES string of the molecule is C.N.P.[B]. The molecule has 0 rings (SSSR count). The molecule has 0 aromatic heterocycles. The molecule has 0 fully saturated rings. The fraction of sp³-hybridized carbons (Fsp3) is 1.00. The van der Waals surface area contributed by atoms with E-state index in [0.29, 0.717) is 0 Å². The van der Waals surface area contributed by atoms with Crippen molar-refractivity contribution in [2.24, 2.45) is 0 Å². The Morgan fingerprint density at radius 2 is 1.00 bits per heavy atom. The van der Waals surface area contributed by atoms with E-state index in [0.717, 1.165) is 0 Å². The molecule has 0 aromatic carbocycles. The van der Waals surface area contributed by atoms with E-state index in [1.165, 1.54) is 0 Å². The molecule has 0 amide bonds. The molecule has 0 aliphatic carbocycles. The predicted molar refractivity (Wildman–Crippen MR) is 28.6 cm³/mol. The van der Waals surface area contributed by atoms with Crippen LogP contribution in [0, 0.1) is 0 Å². The molecule has 0 saturated heterocycles. The molecule has 1 nitrogen and oxygen atoms in total. The summed E-state index contributed by atoms with van der Waals surface area (Å²) in [6.07, 6.45) is 0. The van der Waals surface area contributed by atoms with Crippen LogP contribution in [-0.4, -0.2) is 8.41 Å². The van der Waals surface area contributed by atoms with E-state index in [-0.39, 0.29) is 31.9 Å². The highest BCUT2D eigenvalue weighted by Crippen LogP contribution is 0.861. The number of hydrogen-bond donors (Lipinski definition) is 1. The van der Waals surface area contributed by atoms with E-state index in [4.69, 9.17) is 0 Å². The zero-order valence-electron chi connectivity index (χ0n) is 1.99. The van der Waals surface area contributed by atoms with E-state index < -0.39 is 0 Å². The zero-order chi connectivity index (χ0) is 0. The fourth-order valence-electron chi connectivity index (χ4n) is 0. The lowest BCUT2D eigenvalue weighted by atomic mass is 10.8. The fourth-order valence-corrected chi connectivity index (χ4v) is 0. The van der Waals surface area contributed by atoms with Crippen LogP contribution in [0.25, 0.3) is 0 Å². The molecule has 27 valence electrons. The van der Waals surface area contributed by atoms with Gasteiger partial charge in [-0.1, -0.05) is 7.43 Å². The van der Waals surface area contributed by atoms with Crippen molar-refractivity contribution in [2.45, 2.75) is 7.43 Å². The molecule has 0 heterocycles. The molecule has 0 spiro atoms. The van der Waals surface area contributed by atoms with Crippen molar-refractivity contribution < 1.29 is 0 Å². The van der Waals surface area contributed by atoms with Crippen LogP contribution in [0.3, 0.4) is 0 Å². The molecule has 0 bridgehead atoms. The number of hydrogen-bond acceptors (Lipinski definition) is 1. The lowest BCUT2D eigenvalue weighted by molar-refractivity contribution is 2.13. The third-order valence-corrected chi connectivity index (χ3v) is 0. The van der Waals surface area contributed by atoms with E-state index in [1.807, 2.05) is 0 Å². The van der Waals surface area contributed by atoms with Gasteiger partial charge in [0.15, 0.2) is 0 Å². The van der Waals surface area contributed by atoms with Crippen LogP contribution in [-0.2, 0) is 0 Å². The lowest BCUT2D eigenvalue weighted by Gasteiger charge is -0.344. The summed E-state index contributed by atoms with van der Waals surface area (Å²) in [5, 5.41) is 0. The van der Waals surface area contributed by atoms with Crippen LogP contribution < -0.4 is 6.15 Å². The van der Waals surface area contributed by atoms with Crippen molar-refractivity contribution in [3.8, 4) is 0 Å². The highest BCUT2D eigenvalue weighted by atomic mass is 31.0. The summed E-state index contributed by atoms with van der Waals surface area (Å²) in [6.45, 7) is 0. The molecule has 0 aliphatic heterocycles. The van der Waals surface area contributed by atoms with Gasteiger partial charge in [0.1, 0.15) is 0 Å². The van der Waals surface area contributed by atoms with Gasteiger partial charge in [0.2, 0.25) is 0 Å². The number of rotatable bonds is 0. The molecular weight excluding hydrogens is 67.8 g/mol. The van der Waals surface area contributed by atoms with E-state index in [2.05, 4.69) is 0 Å². The second-order valence-electron chi connectivity index (χ2n) is 0. The van der Waals surface area contributed by atoms with Crippen molar-refractivity contribution >= 4 is 18.3 Å². The Balaban J connectivity index is 0. The average Bonchev–Trinajstić information content (AvgIpc) is 0. The van der Waals surface area contributed by atoms with Crippen LogP contribution in [0.4, 0.5) is 0 Å². The average molecular weight is 77.9 g/mol. The maximum absolute atomic E-state index is 0. The molecule has 0 aromatic rings. The van der Waals surface area contributed by atoms with Crippen molar-refractivity contribution in [1.82, 2.24) is 6.15 Å². The highest BCUT2D eigenvalue weighted by molar-refractivity contribution is 6.92. The lowest BCUT2D eigenvalue weighted by Crippen LogP contribution is -0.481. The Bertz CT molecular complexity index is 8.00. The van der Waals surface area contributed by atoms with Gasteiger partial charge < -0.3 is 6.15 Å². The smallest absolute Gasteiger partial charge is 0 e. The minimum Gasteiger partial charge on any atom is -0.344 e. The Hall–Kier alpha value is 0.455. The molecule has 1 unspecified atom stereocenters. The van der Waals surface area contributed by atoms with Crippen LogP contribution >= 0.6 is 9.90 Å². The topological polar surface area (TPSA) is 35.0 Å². The van der Waals surface area contributed by atoms with Gasteiger partial charge in [-0.3, -0.25) is 0 Å². The normalized spacial score (nSPS) is 0. The molecule has 4 heavy (non-hydrogen) atoms. The molecule has 3 heteroatoms. The summed E-state index contributed by atoms with van der Waals surface area (Å²) >= 11 is 0. The van der Waals surface area contributed by atoms with Crippen molar-refractivity contribution in [2.75, 3.05) is 0 Å². The van der Waals surface area contributed by atoms with Gasteiger partial charge >= 0.3 is 0 Å². The first-order valence-electron chi connectivity index (χ1n) is 0. The minimum atomic E-state index is 0. The molecule has 3 N–H and O–H groups in total. The molecule has 0 aliphatic rings. The van der Waals surface area contributed by atoms with E-state index in [1.54, 1.807) is 0 Å². The van der Waals surface area contributed by atoms with Gasteiger partial charge in [0.05, 0.1) is 0 Å². The van der Waals surface area contributed by atoms with Crippen LogP contribution in [0.15, 0.2) is 0 Å². The molecule has 3 radical (unpaired) electrons. The Labute approximate surface area is 32.9 Å². The molecule has 1 atom stereocenters. The monoisotopic (exact) mass is 78.1 g/mol. The van der Waals surface area contributed by atoms with Crippen molar-refractivity contribution in [1.29, 1.82) is 0 Å². The summed E-state index contributed by atoms with van der Waals surface area (Å²) in [7, 11) is 0. The van der Waals surface area contributed by atoms with Crippen LogP contribution in [0.5, 0.6) is 0 Å². The maximum atomic E-state index is 0. The summed E-state index contributed by atoms with van der Waals surface area (Å²) in [6, 6.07) is 0. The summed E-state index contributed by atoms with van der Waals surface area (Å²) in [5.74, 6) is 0. The minimum absolute atomic E-state index is 0. The standard InChI is InChI=1S/CH4.B.H3N.H3P/h1H4;;2*1H3. The second kappa shape index (κ2) is 101. The van der Waals surface area contributed by atoms with Gasteiger partial charge in [-0.05, 0) is 0 Å². The first-order chi connectivity index (χ1) is 0. The third-order valence-electron chi connectivity index (χ3n) is 0. The van der Waals surface area contributed by atoms with Crippen molar-refractivity contribution in [3.63, 3.8) is 0 Å². The van der Waals surface area contributed by atoms with Gasteiger partial charge in [0.25, 0.3) is 0 Å². The third kappa shape index (κ3) is 25.1. The van der Waals surface area contributed by atoms with Gasteiger partial charge in [-0.2, -0.15) is 9.90 Å². The summed E-state index contributed by atoms with van der Waals surface area (Å²) in [4.78, 5) is 0. The van der Waals surface area contributed by atoms with Crippen molar-refractivity contribution in [3.05, 3.63) is 0 Å². The van der Waals surface area contributed by atoms with Gasteiger partial charge in [-0.15, -0.1) is 0 Å². The van der Waals surface area contributed by atoms with Crippen LogP contribution in [0.2, 0.25) is 0 Å². The van der Waals surface area contributed by atoms with Gasteiger partial charge in [0, 0.05) is 8.41 Å². The van der Waals surface area contributed by atoms with E-state index >= 15 is 0 Å². The molecule has 0 saturated carbocycles. The second-order valence-corrected chi connectivity index (χ2v) is 0. The largest absolute Gasteiger partial charge is 0.344 e. The van der Waals surface area contributed by atoms with Gasteiger partial charge in [-0.25, -0.2) is 0 Å². The Morgan fingerprint density at radius 3 is 1.00 bits per heavy atom. The Morgan fingerprint density at radius 1 is 1.00 bits per heavy atom.